The molecule has 5 nitrogen and oxygen atoms in total. The molecule has 132 valence electrons. The molecule has 1 aromatic heterocycles. The summed E-state index contributed by atoms with van der Waals surface area (Å²) >= 11 is 0. The zero-order valence-electron chi connectivity index (χ0n) is 15.2. The van der Waals surface area contributed by atoms with Crippen LogP contribution in [-0.2, 0) is 11.3 Å². The standard InChI is InChI=1S/C20H25N3O2/c1-13(2)18(19-14(3)6-5-11-21-19)23-20(25)17-9-7-16(8-10-17)12-22-15(4)24/h5-11,13,18H,12H2,1-4H3,(H,22,24)(H,23,25). The lowest BCUT2D eigenvalue weighted by Crippen LogP contribution is -2.32. The average molecular weight is 339 g/mol. The van der Waals surface area contributed by atoms with Crippen LogP contribution in [0.25, 0.3) is 0 Å². The fraction of sp³-hybridized carbons (Fsp3) is 0.350. The molecule has 0 aliphatic heterocycles. The molecule has 0 spiro atoms. The number of amides is 2. The average Bonchev–Trinajstić information content (AvgIpc) is 2.58. The summed E-state index contributed by atoms with van der Waals surface area (Å²) in [4.78, 5) is 28.0. The molecular weight excluding hydrogens is 314 g/mol. The molecule has 0 bridgehead atoms. The van der Waals surface area contributed by atoms with Gasteiger partial charge in [-0.05, 0) is 42.2 Å². The van der Waals surface area contributed by atoms with E-state index in [-0.39, 0.29) is 23.8 Å². The van der Waals surface area contributed by atoms with Crippen molar-refractivity contribution in [2.45, 2.75) is 40.3 Å². The Labute approximate surface area is 148 Å². The van der Waals surface area contributed by atoms with E-state index < -0.39 is 0 Å². The molecule has 0 aliphatic carbocycles. The van der Waals surface area contributed by atoms with Gasteiger partial charge < -0.3 is 10.6 Å². The number of carbonyl (C=O) groups excluding carboxylic acids is 2. The molecule has 0 aliphatic rings. The highest BCUT2D eigenvalue weighted by molar-refractivity contribution is 5.94. The first kappa shape index (κ1) is 18.6. The van der Waals surface area contributed by atoms with E-state index in [0.29, 0.717) is 12.1 Å². The van der Waals surface area contributed by atoms with Crippen LogP contribution in [0.4, 0.5) is 0 Å². The van der Waals surface area contributed by atoms with Gasteiger partial charge in [0.2, 0.25) is 5.91 Å². The van der Waals surface area contributed by atoms with Crippen LogP contribution in [0.3, 0.4) is 0 Å². The summed E-state index contributed by atoms with van der Waals surface area (Å²) < 4.78 is 0. The number of hydrogen-bond acceptors (Lipinski definition) is 3. The van der Waals surface area contributed by atoms with E-state index in [2.05, 4.69) is 29.5 Å². The molecule has 1 aromatic carbocycles. The van der Waals surface area contributed by atoms with Crippen molar-refractivity contribution in [1.82, 2.24) is 15.6 Å². The molecule has 1 unspecified atom stereocenters. The summed E-state index contributed by atoms with van der Waals surface area (Å²) in [7, 11) is 0. The fourth-order valence-electron chi connectivity index (χ4n) is 2.60. The minimum atomic E-state index is -0.146. The van der Waals surface area contributed by atoms with Gasteiger partial charge in [0.15, 0.2) is 0 Å². The molecule has 5 heteroatoms. The van der Waals surface area contributed by atoms with Crippen LogP contribution in [0.5, 0.6) is 0 Å². The zero-order valence-corrected chi connectivity index (χ0v) is 15.2. The van der Waals surface area contributed by atoms with Crippen molar-refractivity contribution in [3.63, 3.8) is 0 Å². The fourth-order valence-corrected chi connectivity index (χ4v) is 2.60. The van der Waals surface area contributed by atoms with Crippen molar-refractivity contribution >= 4 is 11.8 Å². The van der Waals surface area contributed by atoms with Crippen LogP contribution in [0.2, 0.25) is 0 Å². The summed E-state index contributed by atoms with van der Waals surface area (Å²) in [5, 5.41) is 5.83. The molecular formula is C20H25N3O2. The molecule has 1 heterocycles. The normalized spacial score (nSPS) is 11.9. The molecule has 0 radical (unpaired) electrons. The van der Waals surface area contributed by atoms with E-state index in [4.69, 9.17) is 0 Å². The molecule has 2 amide bonds. The quantitative estimate of drug-likeness (QED) is 0.849. The molecule has 2 aromatic rings. The van der Waals surface area contributed by atoms with Gasteiger partial charge in [-0.1, -0.05) is 32.0 Å². The number of nitrogens with one attached hydrogen (secondary N) is 2. The van der Waals surface area contributed by atoms with Crippen molar-refractivity contribution < 1.29 is 9.59 Å². The largest absolute Gasteiger partial charge is 0.352 e. The molecule has 0 saturated heterocycles. The molecule has 2 rings (SSSR count). The van der Waals surface area contributed by atoms with E-state index in [0.717, 1.165) is 16.8 Å². The molecule has 0 fully saturated rings. The third-order valence-electron chi connectivity index (χ3n) is 4.06. The summed E-state index contributed by atoms with van der Waals surface area (Å²) in [6.07, 6.45) is 1.75. The van der Waals surface area contributed by atoms with Crippen molar-refractivity contribution in [3.8, 4) is 0 Å². The van der Waals surface area contributed by atoms with Crippen molar-refractivity contribution in [2.75, 3.05) is 0 Å². The lowest BCUT2D eigenvalue weighted by atomic mass is 9.97. The second kappa shape index (κ2) is 8.42. The maximum Gasteiger partial charge on any atom is 0.251 e. The lowest BCUT2D eigenvalue weighted by molar-refractivity contribution is -0.119. The first-order chi connectivity index (χ1) is 11.9. The van der Waals surface area contributed by atoms with Gasteiger partial charge in [0.1, 0.15) is 0 Å². The minimum absolute atomic E-state index is 0.0766. The van der Waals surface area contributed by atoms with Gasteiger partial charge in [-0.3, -0.25) is 14.6 Å². The zero-order chi connectivity index (χ0) is 18.4. The van der Waals surface area contributed by atoms with E-state index >= 15 is 0 Å². The summed E-state index contributed by atoms with van der Waals surface area (Å²) in [6, 6.07) is 11.0. The first-order valence-corrected chi connectivity index (χ1v) is 8.44. The van der Waals surface area contributed by atoms with Gasteiger partial charge in [-0.15, -0.1) is 0 Å². The SMILES string of the molecule is CC(=O)NCc1ccc(C(=O)NC(c2ncccc2C)C(C)C)cc1. The maximum atomic E-state index is 12.6. The Bertz CT molecular complexity index is 739. The van der Waals surface area contributed by atoms with Crippen LogP contribution in [0.15, 0.2) is 42.6 Å². The molecule has 25 heavy (non-hydrogen) atoms. The van der Waals surface area contributed by atoms with Gasteiger partial charge in [-0.2, -0.15) is 0 Å². The predicted octanol–water partition coefficient (Wildman–Crippen LogP) is 3.15. The van der Waals surface area contributed by atoms with Crippen LogP contribution < -0.4 is 10.6 Å². The number of carbonyl (C=O) groups is 2. The Morgan fingerprint density at radius 3 is 2.36 bits per heavy atom. The smallest absolute Gasteiger partial charge is 0.251 e. The van der Waals surface area contributed by atoms with Crippen LogP contribution in [0, 0.1) is 12.8 Å². The number of rotatable bonds is 6. The van der Waals surface area contributed by atoms with E-state index in [1.165, 1.54) is 6.92 Å². The number of aromatic nitrogens is 1. The number of pyridine rings is 1. The molecule has 2 N–H and O–H groups in total. The molecule has 0 saturated carbocycles. The first-order valence-electron chi connectivity index (χ1n) is 8.44. The number of hydrogen-bond donors (Lipinski definition) is 2. The predicted molar refractivity (Wildman–Crippen MR) is 98.0 cm³/mol. The van der Waals surface area contributed by atoms with Gasteiger partial charge >= 0.3 is 0 Å². The highest BCUT2D eigenvalue weighted by Gasteiger charge is 2.21. The van der Waals surface area contributed by atoms with Gasteiger partial charge in [0.05, 0.1) is 11.7 Å². The Hall–Kier alpha value is -2.69. The highest BCUT2D eigenvalue weighted by Crippen LogP contribution is 2.23. The van der Waals surface area contributed by atoms with E-state index in [1.54, 1.807) is 18.3 Å². The number of aryl methyl sites for hydroxylation is 1. The summed E-state index contributed by atoms with van der Waals surface area (Å²) in [5.41, 5.74) is 3.50. The van der Waals surface area contributed by atoms with Crippen LogP contribution in [-0.4, -0.2) is 16.8 Å². The number of nitrogens with zero attached hydrogens (tertiary/aromatic N) is 1. The second-order valence-corrected chi connectivity index (χ2v) is 6.51. The van der Waals surface area contributed by atoms with Gasteiger partial charge in [0, 0.05) is 25.2 Å². The minimum Gasteiger partial charge on any atom is -0.352 e. The van der Waals surface area contributed by atoms with E-state index in [9.17, 15) is 9.59 Å². The Kier molecular flexibility index (Phi) is 6.28. The van der Waals surface area contributed by atoms with E-state index in [1.807, 2.05) is 31.2 Å². The van der Waals surface area contributed by atoms with Crippen molar-refractivity contribution in [1.29, 1.82) is 0 Å². The Morgan fingerprint density at radius 2 is 1.80 bits per heavy atom. The third kappa shape index (κ3) is 5.14. The Morgan fingerprint density at radius 1 is 1.12 bits per heavy atom. The monoisotopic (exact) mass is 339 g/mol. The van der Waals surface area contributed by atoms with Gasteiger partial charge in [-0.25, -0.2) is 0 Å². The maximum absolute atomic E-state index is 12.6. The summed E-state index contributed by atoms with van der Waals surface area (Å²) in [5.74, 6) is 0.0127. The Balaban J connectivity index is 2.11. The van der Waals surface area contributed by atoms with Gasteiger partial charge in [0.25, 0.3) is 5.91 Å². The van der Waals surface area contributed by atoms with Crippen molar-refractivity contribution in [2.24, 2.45) is 5.92 Å². The second-order valence-electron chi connectivity index (χ2n) is 6.51. The lowest BCUT2D eigenvalue weighted by Gasteiger charge is -2.23. The van der Waals surface area contributed by atoms with Crippen LogP contribution >= 0.6 is 0 Å². The number of benzene rings is 1. The van der Waals surface area contributed by atoms with Crippen LogP contribution in [0.1, 0.15) is 54.0 Å². The topological polar surface area (TPSA) is 71.1 Å². The third-order valence-corrected chi connectivity index (χ3v) is 4.06. The summed E-state index contributed by atoms with van der Waals surface area (Å²) in [6.45, 7) is 8.07. The van der Waals surface area contributed by atoms with Crippen molar-refractivity contribution in [3.05, 3.63) is 65.0 Å². The highest BCUT2D eigenvalue weighted by atomic mass is 16.2. The molecule has 1 atom stereocenters.